The Labute approximate surface area is 139 Å². The molecule has 7 heteroatoms. The number of benzene rings is 1. The smallest absolute Gasteiger partial charge is 0.222 e. The van der Waals surface area contributed by atoms with Crippen LogP contribution in [0.4, 0.5) is 8.78 Å². The second-order valence-electron chi connectivity index (χ2n) is 6.15. The summed E-state index contributed by atoms with van der Waals surface area (Å²) in [7, 11) is 0. The molecular formula is C17H22F2N2O3. The van der Waals surface area contributed by atoms with Gasteiger partial charge < -0.3 is 15.7 Å². The molecule has 3 atom stereocenters. The summed E-state index contributed by atoms with van der Waals surface area (Å²) in [5.41, 5.74) is -0.330. The van der Waals surface area contributed by atoms with Crippen LogP contribution >= 0.6 is 0 Å². The average molecular weight is 340 g/mol. The van der Waals surface area contributed by atoms with E-state index in [4.69, 9.17) is 0 Å². The first kappa shape index (κ1) is 18.3. The predicted octanol–water partition coefficient (Wildman–Crippen LogP) is 1.81. The fourth-order valence-electron chi connectivity index (χ4n) is 3.07. The number of amides is 2. The van der Waals surface area contributed by atoms with Crippen molar-refractivity contribution in [2.45, 2.75) is 44.8 Å². The van der Waals surface area contributed by atoms with Crippen LogP contribution in [0.3, 0.4) is 0 Å². The molecule has 0 saturated heterocycles. The van der Waals surface area contributed by atoms with Gasteiger partial charge in [0.25, 0.3) is 0 Å². The van der Waals surface area contributed by atoms with Gasteiger partial charge in [-0.2, -0.15) is 0 Å². The lowest BCUT2D eigenvalue weighted by Crippen LogP contribution is -2.36. The third-order valence-electron chi connectivity index (χ3n) is 4.30. The molecule has 0 aliphatic heterocycles. The zero-order valence-electron chi connectivity index (χ0n) is 13.5. The Morgan fingerprint density at radius 3 is 2.50 bits per heavy atom. The standard InChI is InChI=1S/C17H22F2N2O3/c1-10(22)21-14(17-12(18)5-3-6-13(17)19)8-16(24)20-9-11-4-2-7-15(11)23/h3,5-6,11,14-15,23H,2,4,7-9H2,1H3,(H,20,24)(H,21,22). The van der Waals surface area contributed by atoms with Crippen LogP contribution < -0.4 is 10.6 Å². The second-order valence-corrected chi connectivity index (χ2v) is 6.15. The van der Waals surface area contributed by atoms with Crippen molar-refractivity contribution in [3.8, 4) is 0 Å². The normalized spacial score (nSPS) is 21.3. The highest BCUT2D eigenvalue weighted by Crippen LogP contribution is 2.26. The predicted molar refractivity (Wildman–Crippen MR) is 83.9 cm³/mol. The summed E-state index contributed by atoms with van der Waals surface area (Å²) in [5, 5.41) is 14.8. The number of aliphatic hydroxyl groups excluding tert-OH is 1. The van der Waals surface area contributed by atoms with Gasteiger partial charge in [0, 0.05) is 24.9 Å². The van der Waals surface area contributed by atoms with E-state index in [9.17, 15) is 23.5 Å². The Bertz CT molecular complexity index is 589. The fourth-order valence-corrected chi connectivity index (χ4v) is 3.07. The maximum absolute atomic E-state index is 13.9. The van der Waals surface area contributed by atoms with Gasteiger partial charge in [-0.05, 0) is 25.0 Å². The van der Waals surface area contributed by atoms with Crippen LogP contribution in [0.5, 0.6) is 0 Å². The maximum atomic E-state index is 13.9. The van der Waals surface area contributed by atoms with Crippen molar-refractivity contribution < 1.29 is 23.5 Å². The number of carbonyl (C=O) groups is 2. The number of carbonyl (C=O) groups excluding carboxylic acids is 2. The van der Waals surface area contributed by atoms with E-state index < -0.39 is 35.6 Å². The molecule has 2 rings (SSSR count). The highest BCUT2D eigenvalue weighted by Gasteiger charge is 2.27. The Hall–Kier alpha value is -2.02. The van der Waals surface area contributed by atoms with E-state index >= 15 is 0 Å². The van der Waals surface area contributed by atoms with Crippen LogP contribution in [0.15, 0.2) is 18.2 Å². The minimum Gasteiger partial charge on any atom is -0.393 e. The van der Waals surface area contributed by atoms with Crippen LogP contribution in [0.1, 0.15) is 44.2 Å². The Morgan fingerprint density at radius 1 is 1.29 bits per heavy atom. The van der Waals surface area contributed by atoms with Gasteiger partial charge in [-0.25, -0.2) is 8.78 Å². The minimum atomic E-state index is -1.09. The van der Waals surface area contributed by atoms with E-state index in [1.54, 1.807) is 0 Å². The summed E-state index contributed by atoms with van der Waals surface area (Å²) in [6.45, 7) is 1.53. The molecule has 0 spiro atoms. The van der Waals surface area contributed by atoms with E-state index in [2.05, 4.69) is 10.6 Å². The van der Waals surface area contributed by atoms with Crippen molar-refractivity contribution in [1.82, 2.24) is 10.6 Å². The maximum Gasteiger partial charge on any atom is 0.222 e. The molecule has 1 saturated carbocycles. The lowest BCUT2D eigenvalue weighted by molar-refractivity contribution is -0.123. The number of aliphatic hydroxyl groups is 1. The summed E-state index contributed by atoms with van der Waals surface area (Å²) in [6.07, 6.45) is 1.76. The van der Waals surface area contributed by atoms with Gasteiger partial charge in [0.05, 0.1) is 18.6 Å². The van der Waals surface area contributed by atoms with Crippen molar-refractivity contribution in [1.29, 1.82) is 0 Å². The van der Waals surface area contributed by atoms with Gasteiger partial charge >= 0.3 is 0 Å². The molecule has 5 nitrogen and oxygen atoms in total. The molecule has 0 heterocycles. The monoisotopic (exact) mass is 340 g/mol. The van der Waals surface area contributed by atoms with Crippen molar-refractivity contribution in [2.75, 3.05) is 6.54 Å². The van der Waals surface area contributed by atoms with Gasteiger partial charge in [0.2, 0.25) is 11.8 Å². The van der Waals surface area contributed by atoms with Crippen molar-refractivity contribution >= 4 is 11.8 Å². The van der Waals surface area contributed by atoms with Gasteiger partial charge in [0.15, 0.2) is 0 Å². The summed E-state index contributed by atoms with van der Waals surface area (Å²) < 4.78 is 27.9. The first-order valence-corrected chi connectivity index (χ1v) is 8.04. The summed E-state index contributed by atoms with van der Waals surface area (Å²) in [6, 6.07) is 2.30. The van der Waals surface area contributed by atoms with Gasteiger partial charge in [-0.3, -0.25) is 9.59 Å². The van der Waals surface area contributed by atoms with E-state index in [-0.39, 0.29) is 17.9 Å². The number of hydrogen-bond donors (Lipinski definition) is 3. The Morgan fingerprint density at radius 2 is 1.96 bits per heavy atom. The molecule has 3 N–H and O–H groups in total. The molecule has 0 bridgehead atoms. The fraction of sp³-hybridized carbons (Fsp3) is 0.529. The third-order valence-corrected chi connectivity index (χ3v) is 4.30. The van der Waals surface area contributed by atoms with Gasteiger partial charge in [-0.15, -0.1) is 0 Å². The van der Waals surface area contributed by atoms with Crippen molar-refractivity contribution in [3.63, 3.8) is 0 Å². The number of hydrogen-bond acceptors (Lipinski definition) is 3. The highest BCUT2D eigenvalue weighted by atomic mass is 19.1. The molecule has 1 aromatic rings. The summed E-state index contributed by atoms with van der Waals surface area (Å²) >= 11 is 0. The first-order valence-electron chi connectivity index (χ1n) is 8.04. The molecule has 24 heavy (non-hydrogen) atoms. The molecule has 1 fully saturated rings. The van der Waals surface area contributed by atoms with Crippen LogP contribution in [-0.2, 0) is 9.59 Å². The zero-order valence-corrected chi connectivity index (χ0v) is 13.5. The molecule has 1 aromatic carbocycles. The van der Waals surface area contributed by atoms with Gasteiger partial charge in [0.1, 0.15) is 11.6 Å². The van der Waals surface area contributed by atoms with E-state index in [0.29, 0.717) is 6.54 Å². The quantitative estimate of drug-likeness (QED) is 0.739. The van der Waals surface area contributed by atoms with Crippen molar-refractivity contribution in [3.05, 3.63) is 35.4 Å². The largest absolute Gasteiger partial charge is 0.393 e. The molecular weight excluding hydrogens is 318 g/mol. The summed E-state index contributed by atoms with van der Waals surface area (Å²) in [5.74, 6) is -2.55. The number of halogens is 2. The first-order chi connectivity index (χ1) is 11.4. The van der Waals surface area contributed by atoms with Crippen molar-refractivity contribution in [2.24, 2.45) is 5.92 Å². The Balaban J connectivity index is 2.03. The summed E-state index contributed by atoms with van der Waals surface area (Å²) in [4.78, 5) is 23.4. The van der Waals surface area contributed by atoms with E-state index in [0.717, 1.165) is 31.4 Å². The second kappa shape index (κ2) is 8.19. The lowest BCUT2D eigenvalue weighted by Gasteiger charge is -2.20. The topological polar surface area (TPSA) is 78.4 Å². The van der Waals surface area contributed by atoms with E-state index in [1.165, 1.54) is 13.0 Å². The van der Waals surface area contributed by atoms with Gasteiger partial charge in [-0.1, -0.05) is 12.5 Å². The number of nitrogens with one attached hydrogen (secondary N) is 2. The van der Waals surface area contributed by atoms with Crippen LogP contribution in [0.25, 0.3) is 0 Å². The molecule has 132 valence electrons. The lowest BCUT2D eigenvalue weighted by atomic mass is 10.0. The molecule has 1 aliphatic rings. The van der Waals surface area contributed by atoms with Crippen LogP contribution in [0.2, 0.25) is 0 Å². The minimum absolute atomic E-state index is 0.00152. The van der Waals surface area contributed by atoms with Crippen LogP contribution in [-0.4, -0.2) is 29.6 Å². The zero-order chi connectivity index (χ0) is 17.7. The Kier molecular flexibility index (Phi) is 6.25. The molecule has 1 aliphatic carbocycles. The highest BCUT2D eigenvalue weighted by molar-refractivity contribution is 5.79. The molecule has 0 aromatic heterocycles. The SMILES string of the molecule is CC(=O)NC(CC(=O)NCC1CCCC1O)c1c(F)cccc1F. The van der Waals surface area contributed by atoms with Crippen LogP contribution in [0, 0.1) is 17.6 Å². The molecule has 0 radical (unpaired) electrons. The average Bonchev–Trinajstić information content (AvgIpc) is 2.89. The molecule has 2 amide bonds. The number of rotatable bonds is 6. The molecule has 3 unspecified atom stereocenters. The third kappa shape index (κ3) is 4.74. The van der Waals surface area contributed by atoms with E-state index in [1.807, 2.05) is 0 Å².